The zero-order valence-corrected chi connectivity index (χ0v) is 12.2. The van der Waals surface area contributed by atoms with Crippen molar-refractivity contribution < 1.29 is 4.39 Å². The van der Waals surface area contributed by atoms with Crippen LogP contribution in [0.3, 0.4) is 0 Å². The fourth-order valence-corrected chi connectivity index (χ4v) is 1.79. The highest BCUT2D eigenvalue weighted by molar-refractivity contribution is 5.66. The summed E-state index contributed by atoms with van der Waals surface area (Å²) >= 11 is 0. The SMILES string of the molecule is Cc1ccc(F)cc1Nc1nc(C(C)C)nc(N)c1C. The Bertz CT molecular complexity index is 638. The van der Waals surface area contributed by atoms with Crippen LogP contribution in [-0.2, 0) is 0 Å². The van der Waals surface area contributed by atoms with Gasteiger partial charge in [-0.15, -0.1) is 0 Å². The summed E-state index contributed by atoms with van der Waals surface area (Å²) < 4.78 is 13.3. The van der Waals surface area contributed by atoms with Crippen molar-refractivity contribution in [3.8, 4) is 0 Å². The van der Waals surface area contributed by atoms with E-state index in [1.165, 1.54) is 12.1 Å². The zero-order chi connectivity index (χ0) is 14.9. The highest BCUT2D eigenvalue weighted by atomic mass is 19.1. The number of anilines is 3. The number of aromatic nitrogens is 2. The average molecular weight is 274 g/mol. The number of nitrogens with zero attached hydrogens (tertiary/aromatic N) is 2. The van der Waals surface area contributed by atoms with E-state index in [0.717, 1.165) is 11.1 Å². The lowest BCUT2D eigenvalue weighted by atomic mass is 10.1. The minimum absolute atomic E-state index is 0.173. The largest absolute Gasteiger partial charge is 0.383 e. The third kappa shape index (κ3) is 2.87. The summed E-state index contributed by atoms with van der Waals surface area (Å²) in [5.74, 6) is 1.62. The molecule has 0 bridgehead atoms. The van der Waals surface area contributed by atoms with E-state index < -0.39 is 0 Å². The Hall–Kier alpha value is -2.17. The molecule has 3 N–H and O–H groups in total. The molecule has 1 heterocycles. The molecule has 0 unspecified atom stereocenters. The quantitative estimate of drug-likeness (QED) is 0.896. The normalized spacial score (nSPS) is 10.9. The smallest absolute Gasteiger partial charge is 0.139 e. The molecule has 0 saturated carbocycles. The molecule has 0 fully saturated rings. The Kier molecular flexibility index (Phi) is 3.88. The lowest BCUT2D eigenvalue weighted by Gasteiger charge is -2.14. The summed E-state index contributed by atoms with van der Waals surface area (Å²) in [6.45, 7) is 7.75. The fourth-order valence-electron chi connectivity index (χ4n) is 1.79. The summed E-state index contributed by atoms with van der Waals surface area (Å²) in [7, 11) is 0. The molecule has 2 rings (SSSR count). The Morgan fingerprint density at radius 2 is 1.90 bits per heavy atom. The van der Waals surface area contributed by atoms with E-state index in [1.54, 1.807) is 6.07 Å². The number of nitrogens with two attached hydrogens (primary N) is 1. The molecule has 0 saturated heterocycles. The summed E-state index contributed by atoms with van der Waals surface area (Å²) in [5, 5.41) is 3.15. The topological polar surface area (TPSA) is 63.8 Å². The van der Waals surface area contributed by atoms with Gasteiger partial charge in [-0.3, -0.25) is 0 Å². The van der Waals surface area contributed by atoms with Gasteiger partial charge in [0.05, 0.1) is 0 Å². The van der Waals surface area contributed by atoms with Gasteiger partial charge in [0, 0.05) is 17.2 Å². The van der Waals surface area contributed by atoms with Gasteiger partial charge in [-0.25, -0.2) is 14.4 Å². The molecule has 0 radical (unpaired) electrons. The van der Waals surface area contributed by atoms with E-state index in [2.05, 4.69) is 15.3 Å². The molecule has 0 aliphatic heterocycles. The number of aryl methyl sites for hydroxylation is 1. The number of hydrogen-bond acceptors (Lipinski definition) is 4. The first-order valence-electron chi connectivity index (χ1n) is 6.55. The molecule has 1 aromatic heterocycles. The second-order valence-electron chi connectivity index (χ2n) is 5.18. The van der Waals surface area contributed by atoms with Crippen molar-refractivity contribution >= 4 is 17.3 Å². The second kappa shape index (κ2) is 5.45. The van der Waals surface area contributed by atoms with Crippen molar-refractivity contribution in [1.29, 1.82) is 0 Å². The maximum Gasteiger partial charge on any atom is 0.139 e. The summed E-state index contributed by atoms with van der Waals surface area (Å²) in [4.78, 5) is 8.74. The van der Waals surface area contributed by atoms with Crippen LogP contribution in [0.5, 0.6) is 0 Å². The van der Waals surface area contributed by atoms with Crippen molar-refractivity contribution in [3.05, 3.63) is 41.0 Å². The first-order chi connectivity index (χ1) is 9.38. The number of halogens is 1. The van der Waals surface area contributed by atoms with Gasteiger partial charge < -0.3 is 11.1 Å². The van der Waals surface area contributed by atoms with Gasteiger partial charge in [0.25, 0.3) is 0 Å². The monoisotopic (exact) mass is 274 g/mol. The van der Waals surface area contributed by atoms with Crippen LogP contribution in [0, 0.1) is 19.7 Å². The molecule has 0 aliphatic carbocycles. The van der Waals surface area contributed by atoms with Crippen LogP contribution in [0.4, 0.5) is 21.7 Å². The van der Waals surface area contributed by atoms with Gasteiger partial charge in [0.2, 0.25) is 0 Å². The fraction of sp³-hybridized carbons (Fsp3) is 0.333. The lowest BCUT2D eigenvalue weighted by Crippen LogP contribution is -2.08. The third-order valence-corrected chi connectivity index (χ3v) is 3.17. The molecule has 0 atom stereocenters. The highest BCUT2D eigenvalue weighted by Gasteiger charge is 2.12. The molecule has 4 nitrogen and oxygen atoms in total. The highest BCUT2D eigenvalue weighted by Crippen LogP contribution is 2.26. The maximum atomic E-state index is 13.3. The number of benzene rings is 1. The molecule has 5 heteroatoms. The average Bonchev–Trinajstić information content (AvgIpc) is 2.38. The first kappa shape index (κ1) is 14.2. The van der Waals surface area contributed by atoms with E-state index in [1.807, 2.05) is 27.7 Å². The van der Waals surface area contributed by atoms with Crippen molar-refractivity contribution in [3.63, 3.8) is 0 Å². The van der Waals surface area contributed by atoms with Crippen molar-refractivity contribution in [1.82, 2.24) is 9.97 Å². The lowest BCUT2D eigenvalue weighted by molar-refractivity contribution is 0.628. The molecular formula is C15H19FN4. The van der Waals surface area contributed by atoms with Crippen LogP contribution in [0.15, 0.2) is 18.2 Å². The van der Waals surface area contributed by atoms with Gasteiger partial charge >= 0.3 is 0 Å². The van der Waals surface area contributed by atoms with Crippen LogP contribution in [0.25, 0.3) is 0 Å². The van der Waals surface area contributed by atoms with Crippen LogP contribution in [0.1, 0.15) is 36.7 Å². The van der Waals surface area contributed by atoms with Crippen LogP contribution >= 0.6 is 0 Å². The van der Waals surface area contributed by atoms with Gasteiger partial charge in [-0.2, -0.15) is 0 Å². The van der Waals surface area contributed by atoms with E-state index in [-0.39, 0.29) is 11.7 Å². The van der Waals surface area contributed by atoms with E-state index in [4.69, 9.17) is 5.73 Å². The van der Waals surface area contributed by atoms with Crippen molar-refractivity contribution in [2.45, 2.75) is 33.6 Å². The summed E-state index contributed by atoms with van der Waals surface area (Å²) in [6, 6.07) is 4.60. The molecule has 0 amide bonds. The maximum absolute atomic E-state index is 13.3. The standard InChI is InChI=1S/C15H19FN4/c1-8(2)14-19-13(17)10(4)15(20-14)18-12-7-11(16)6-5-9(12)3/h5-8H,1-4H3,(H3,17,18,19,20). The van der Waals surface area contributed by atoms with Gasteiger partial charge in [-0.05, 0) is 31.5 Å². The molecule has 0 aliphatic rings. The number of nitrogen functional groups attached to an aromatic ring is 1. The van der Waals surface area contributed by atoms with Crippen molar-refractivity contribution in [2.75, 3.05) is 11.1 Å². The summed E-state index contributed by atoms with van der Waals surface area (Å²) in [6.07, 6.45) is 0. The Balaban J connectivity index is 2.45. The Morgan fingerprint density at radius 1 is 1.20 bits per heavy atom. The molecule has 1 aromatic carbocycles. The summed E-state index contributed by atoms with van der Waals surface area (Å²) in [5.41, 5.74) is 8.30. The van der Waals surface area contributed by atoms with E-state index in [9.17, 15) is 4.39 Å². The minimum Gasteiger partial charge on any atom is -0.383 e. The third-order valence-electron chi connectivity index (χ3n) is 3.17. The minimum atomic E-state index is -0.290. The predicted molar refractivity (Wildman–Crippen MR) is 79.7 cm³/mol. The van der Waals surface area contributed by atoms with Crippen LogP contribution in [-0.4, -0.2) is 9.97 Å². The van der Waals surface area contributed by atoms with E-state index >= 15 is 0 Å². The Morgan fingerprint density at radius 3 is 2.55 bits per heavy atom. The number of hydrogen-bond donors (Lipinski definition) is 2. The molecule has 20 heavy (non-hydrogen) atoms. The number of rotatable bonds is 3. The second-order valence-corrected chi connectivity index (χ2v) is 5.18. The molecule has 2 aromatic rings. The van der Waals surface area contributed by atoms with Gasteiger partial charge in [0.15, 0.2) is 0 Å². The van der Waals surface area contributed by atoms with Crippen LogP contribution < -0.4 is 11.1 Å². The predicted octanol–water partition coefficient (Wildman–Crippen LogP) is 3.68. The zero-order valence-electron chi connectivity index (χ0n) is 12.2. The molecule has 0 spiro atoms. The van der Waals surface area contributed by atoms with Gasteiger partial charge in [-0.1, -0.05) is 19.9 Å². The number of nitrogens with one attached hydrogen (secondary N) is 1. The van der Waals surface area contributed by atoms with Gasteiger partial charge in [0.1, 0.15) is 23.3 Å². The molecular weight excluding hydrogens is 255 g/mol. The Labute approximate surface area is 118 Å². The van der Waals surface area contributed by atoms with Crippen LogP contribution in [0.2, 0.25) is 0 Å². The van der Waals surface area contributed by atoms with Crippen molar-refractivity contribution in [2.24, 2.45) is 0 Å². The molecule has 106 valence electrons. The first-order valence-corrected chi connectivity index (χ1v) is 6.55. The van der Waals surface area contributed by atoms with E-state index in [0.29, 0.717) is 23.1 Å².